The fourth-order valence-electron chi connectivity index (χ4n) is 3.57. The topological polar surface area (TPSA) is 53.6 Å². The molecule has 0 spiro atoms. The molecule has 1 fully saturated rings. The molecule has 138 valence electrons. The average Bonchev–Trinajstić information content (AvgIpc) is 2.81. The number of carbonyl (C=O) groups is 1. The largest absolute Gasteiger partial charge is 0.443 e. The molecule has 1 amide bonds. The maximum Gasteiger partial charge on any atom is 0.414 e. The SMILES string of the molecule is CC(C)(C)OC(=O)N1CCCc2ccc(NC3CCCNCC3)cc21. The Balaban J connectivity index is 1.76. The van der Waals surface area contributed by atoms with Gasteiger partial charge in [-0.3, -0.25) is 4.90 Å². The van der Waals surface area contributed by atoms with Gasteiger partial charge in [0.15, 0.2) is 0 Å². The van der Waals surface area contributed by atoms with Crippen molar-refractivity contribution in [2.75, 3.05) is 29.9 Å². The van der Waals surface area contributed by atoms with Gasteiger partial charge >= 0.3 is 6.09 Å². The third-order valence-electron chi connectivity index (χ3n) is 4.76. The Morgan fingerprint density at radius 2 is 2.08 bits per heavy atom. The van der Waals surface area contributed by atoms with Crippen LogP contribution >= 0.6 is 0 Å². The van der Waals surface area contributed by atoms with Gasteiger partial charge in [-0.15, -0.1) is 0 Å². The fourth-order valence-corrected chi connectivity index (χ4v) is 3.57. The lowest BCUT2D eigenvalue weighted by Gasteiger charge is -2.32. The summed E-state index contributed by atoms with van der Waals surface area (Å²) in [4.78, 5) is 14.4. The minimum absolute atomic E-state index is 0.246. The Labute approximate surface area is 151 Å². The van der Waals surface area contributed by atoms with E-state index in [1.54, 1.807) is 4.90 Å². The van der Waals surface area contributed by atoms with Gasteiger partial charge in [0.25, 0.3) is 0 Å². The lowest BCUT2D eigenvalue weighted by molar-refractivity contribution is 0.0578. The molecule has 3 rings (SSSR count). The van der Waals surface area contributed by atoms with Crippen molar-refractivity contribution in [1.29, 1.82) is 0 Å². The fraction of sp³-hybridized carbons (Fsp3) is 0.650. The van der Waals surface area contributed by atoms with Gasteiger partial charge in [-0.1, -0.05) is 6.07 Å². The van der Waals surface area contributed by atoms with E-state index >= 15 is 0 Å². The Kier molecular flexibility index (Phi) is 5.52. The minimum Gasteiger partial charge on any atom is -0.443 e. The number of benzene rings is 1. The molecule has 2 aliphatic heterocycles. The number of nitrogens with zero attached hydrogens (tertiary/aromatic N) is 1. The van der Waals surface area contributed by atoms with Gasteiger partial charge in [-0.05, 0) is 83.7 Å². The molecule has 0 aromatic heterocycles. The lowest BCUT2D eigenvalue weighted by atomic mass is 10.0. The molecule has 25 heavy (non-hydrogen) atoms. The molecule has 0 bridgehead atoms. The van der Waals surface area contributed by atoms with Gasteiger partial charge < -0.3 is 15.4 Å². The van der Waals surface area contributed by atoms with Crippen LogP contribution in [0.15, 0.2) is 18.2 Å². The van der Waals surface area contributed by atoms with Crippen LogP contribution in [0.3, 0.4) is 0 Å². The molecule has 0 radical (unpaired) electrons. The first kappa shape index (κ1) is 18.1. The number of amides is 1. The number of ether oxygens (including phenoxy) is 1. The predicted molar refractivity (Wildman–Crippen MR) is 102 cm³/mol. The Morgan fingerprint density at radius 1 is 1.24 bits per heavy atom. The first-order valence-electron chi connectivity index (χ1n) is 9.53. The van der Waals surface area contributed by atoms with Crippen molar-refractivity contribution in [3.8, 4) is 0 Å². The standard InChI is InChI=1S/C20H31N3O2/c1-20(2,3)25-19(24)23-13-5-6-15-8-9-17(14-18(15)23)22-16-7-4-11-21-12-10-16/h8-9,14,16,21-22H,4-7,10-13H2,1-3H3. The molecule has 5 nitrogen and oxygen atoms in total. The Morgan fingerprint density at radius 3 is 2.88 bits per heavy atom. The van der Waals surface area contributed by atoms with Gasteiger partial charge in [0, 0.05) is 18.3 Å². The van der Waals surface area contributed by atoms with E-state index in [4.69, 9.17) is 4.74 Å². The van der Waals surface area contributed by atoms with Crippen molar-refractivity contribution in [1.82, 2.24) is 5.32 Å². The summed E-state index contributed by atoms with van der Waals surface area (Å²) in [6.45, 7) is 8.62. The predicted octanol–water partition coefficient (Wildman–Crippen LogP) is 3.93. The third-order valence-corrected chi connectivity index (χ3v) is 4.76. The highest BCUT2D eigenvalue weighted by Crippen LogP contribution is 2.32. The van der Waals surface area contributed by atoms with E-state index in [1.807, 2.05) is 20.8 Å². The molecule has 5 heteroatoms. The van der Waals surface area contributed by atoms with Gasteiger partial charge in [0.1, 0.15) is 5.60 Å². The van der Waals surface area contributed by atoms with Crippen molar-refractivity contribution in [3.05, 3.63) is 23.8 Å². The van der Waals surface area contributed by atoms with E-state index in [-0.39, 0.29) is 6.09 Å². The van der Waals surface area contributed by atoms with Crippen LogP contribution in [-0.2, 0) is 11.2 Å². The zero-order valence-electron chi connectivity index (χ0n) is 15.7. The van der Waals surface area contributed by atoms with E-state index in [0.717, 1.165) is 50.3 Å². The Bertz CT molecular complexity index is 601. The molecule has 2 aliphatic rings. The van der Waals surface area contributed by atoms with Crippen molar-refractivity contribution in [2.24, 2.45) is 0 Å². The zero-order valence-corrected chi connectivity index (χ0v) is 15.7. The second-order valence-electron chi connectivity index (χ2n) is 8.10. The lowest BCUT2D eigenvalue weighted by Crippen LogP contribution is -2.39. The number of rotatable bonds is 2. The summed E-state index contributed by atoms with van der Waals surface area (Å²) in [6.07, 6.45) is 5.26. The van der Waals surface area contributed by atoms with E-state index < -0.39 is 5.60 Å². The maximum absolute atomic E-state index is 12.6. The number of nitrogens with one attached hydrogen (secondary N) is 2. The number of anilines is 2. The van der Waals surface area contributed by atoms with Gasteiger partial charge in [0.2, 0.25) is 0 Å². The highest BCUT2D eigenvalue weighted by atomic mass is 16.6. The van der Waals surface area contributed by atoms with E-state index in [2.05, 4.69) is 28.8 Å². The van der Waals surface area contributed by atoms with Crippen LogP contribution in [0, 0.1) is 0 Å². The Hall–Kier alpha value is -1.75. The van der Waals surface area contributed by atoms with E-state index in [0.29, 0.717) is 6.04 Å². The number of hydrogen-bond acceptors (Lipinski definition) is 4. The molecule has 1 aromatic carbocycles. The van der Waals surface area contributed by atoms with Crippen LogP contribution in [0.4, 0.5) is 16.2 Å². The molecular weight excluding hydrogens is 314 g/mol. The molecule has 2 heterocycles. The summed E-state index contributed by atoms with van der Waals surface area (Å²) >= 11 is 0. The monoisotopic (exact) mass is 345 g/mol. The number of hydrogen-bond donors (Lipinski definition) is 2. The molecule has 1 aromatic rings. The maximum atomic E-state index is 12.6. The van der Waals surface area contributed by atoms with Crippen molar-refractivity contribution in [3.63, 3.8) is 0 Å². The average molecular weight is 345 g/mol. The first-order valence-corrected chi connectivity index (χ1v) is 9.53. The van der Waals surface area contributed by atoms with Crippen molar-refractivity contribution in [2.45, 2.75) is 64.5 Å². The molecule has 0 saturated carbocycles. The molecule has 1 saturated heterocycles. The highest BCUT2D eigenvalue weighted by molar-refractivity contribution is 5.90. The molecule has 2 N–H and O–H groups in total. The molecular formula is C20H31N3O2. The summed E-state index contributed by atoms with van der Waals surface area (Å²) in [6, 6.07) is 6.92. The van der Waals surface area contributed by atoms with Crippen molar-refractivity contribution < 1.29 is 9.53 Å². The number of carbonyl (C=O) groups excluding carboxylic acids is 1. The molecule has 1 atom stereocenters. The second-order valence-corrected chi connectivity index (χ2v) is 8.10. The van der Waals surface area contributed by atoms with Crippen LogP contribution in [0.25, 0.3) is 0 Å². The zero-order chi connectivity index (χ0) is 17.9. The normalized spacial score (nSPS) is 21.2. The van der Waals surface area contributed by atoms with E-state index in [9.17, 15) is 4.79 Å². The summed E-state index contributed by atoms with van der Waals surface area (Å²) in [5.41, 5.74) is 2.85. The highest BCUT2D eigenvalue weighted by Gasteiger charge is 2.27. The summed E-state index contributed by atoms with van der Waals surface area (Å²) < 4.78 is 5.60. The molecule has 1 unspecified atom stereocenters. The van der Waals surface area contributed by atoms with Crippen molar-refractivity contribution >= 4 is 17.5 Å². The van der Waals surface area contributed by atoms with Gasteiger partial charge in [-0.2, -0.15) is 0 Å². The van der Waals surface area contributed by atoms with Crippen LogP contribution in [0.5, 0.6) is 0 Å². The minimum atomic E-state index is -0.474. The second kappa shape index (κ2) is 7.65. The van der Waals surface area contributed by atoms with Gasteiger partial charge in [-0.25, -0.2) is 4.79 Å². The van der Waals surface area contributed by atoms with Crippen LogP contribution < -0.4 is 15.5 Å². The summed E-state index contributed by atoms with van der Waals surface area (Å²) in [7, 11) is 0. The van der Waals surface area contributed by atoms with Crippen LogP contribution in [0.2, 0.25) is 0 Å². The van der Waals surface area contributed by atoms with Gasteiger partial charge in [0.05, 0.1) is 5.69 Å². The van der Waals surface area contributed by atoms with E-state index in [1.165, 1.54) is 18.4 Å². The number of aryl methyl sites for hydroxylation is 1. The smallest absolute Gasteiger partial charge is 0.414 e. The summed E-state index contributed by atoms with van der Waals surface area (Å²) in [5.74, 6) is 0. The number of fused-ring (bicyclic) bond motifs is 1. The first-order chi connectivity index (χ1) is 11.9. The summed E-state index contributed by atoms with van der Waals surface area (Å²) in [5, 5.41) is 7.11. The third kappa shape index (κ3) is 4.88. The molecule has 0 aliphatic carbocycles. The van der Waals surface area contributed by atoms with Crippen LogP contribution in [-0.4, -0.2) is 37.4 Å². The van der Waals surface area contributed by atoms with Crippen LogP contribution in [0.1, 0.15) is 52.0 Å². The quantitative estimate of drug-likeness (QED) is 0.853.